The second-order valence-electron chi connectivity index (χ2n) is 3.11. The van der Waals surface area contributed by atoms with Crippen LogP contribution in [0.2, 0.25) is 0 Å². The topological polar surface area (TPSA) is 46.5 Å². The number of methoxy groups -OCH3 is 1. The molecule has 1 aromatic carbocycles. The lowest BCUT2D eigenvalue weighted by molar-refractivity contribution is -0.136. The lowest BCUT2D eigenvalue weighted by atomic mass is 10.2. The van der Waals surface area contributed by atoms with Crippen LogP contribution in [0.5, 0.6) is 5.75 Å². The molecule has 0 amide bonds. The van der Waals surface area contributed by atoms with Crippen molar-refractivity contribution in [3.63, 3.8) is 0 Å². The summed E-state index contributed by atoms with van der Waals surface area (Å²) < 4.78 is 5.02. The molecule has 80 valence electrons. The van der Waals surface area contributed by atoms with Gasteiger partial charge in [-0.3, -0.25) is 4.79 Å². The first-order valence-electron chi connectivity index (χ1n) is 4.75. The minimum Gasteiger partial charge on any atom is -0.497 e. The van der Waals surface area contributed by atoms with Gasteiger partial charge in [-0.1, -0.05) is 24.3 Å². The summed E-state index contributed by atoms with van der Waals surface area (Å²) in [5.74, 6) is 0.0482. The summed E-state index contributed by atoms with van der Waals surface area (Å²) in [6, 6.07) is 7.60. The number of carboxylic acid groups (broad SMARTS) is 1. The predicted octanol–water partition coefficient (Wildman–Crippen LogP) is 2.57. The van der Waals surface area contributed by atoms with Gasteiger partial charge in [0.15, 0.2) is 0 Å². The molecule has 1 aromatic rings. The minimum absolute atomic E-state index is 0.173. The van der Waals surface area contributed by atoms with Crippen molar-refractivity contribution in [1.29, 1.82) is 0 Å². The molecule has 0 aliphatic heterocycles. The van der Waals surface area contributed by atoms with E-state index in [9.17, 15) is 4.79 Å². The second-order valence-corrected chi connectivity index (χ2v) is 3.11. The van der Waals surface area contributed by atoms with Crippen molar-refractivity contribution in [2.24, 2.45) is 0 Å². The van der Waals surface area contributed by atoms with Gasteiger partial charge in [0.1, 0.15) is 5.75 Å². The molecular weight excluding hydrogens is 192 g/mol. The van der Waals surface area contributed by atoms with Gasteiger partial charge in [0.05, 0.1) is 7.11 Å². The van der Waals surface area contributed by atoms with Crippen molar-refractivity contribution in [3.05, 3.63) is 35.9 Å². The molecule has 3 nitrogen and oxygen atoms in total. The zero-order valence-electron chi connectivity index (χ0n) is 8.64. The van der Waals surface area contributed by atoms with Crippen molar-refractivity contribution in [3.8, 4) is 5.75 Å². The Labute approximate surface area is 89.0 Å². The molecule has 0 radical (unpaired) electrons. The van der Waals surface area contributed by atoms with E-state index in [1.165, 1.54) is 0 Å². The molecule has 0 aliphatic rings. The van der Waals surface area contributed by atoms with Gasteiger partial charge in [-0.2, -0.15) is 0 Å². The normalized spacial score (nSPS) is 10.5. The molecular formula is C12H14O3. The van der Waals surface area contributed by atoms with E-state index in [1.807, 2.05) is 36.4 Å². The van der Waals surface area contributed by atoms with Gasteiger partial charge in [0, 0.05) is 6.42 Å². The number of carboxylic acids is 1. The summed E-state index contributed by atoms with van der Waals surface area (Å²) in [6.07, 6.45) is 4.49. The highest BCUT2D eigenvalue weighted by Crippen LogP contribution is 2.12. The highest BCUT2D eigenvalue weighted by atomic mass is 16.5. The Morgan fingerprint density at radius 1 is 1.40 bits per heavy atom. The summed E-state index contributed by atoms with van der Waals surface area (Å²) in [5.41, 5.74) is 1.04. The number of carbonyl (C=O) groups is 1. The fraction of sp³-hybridized carbons (Fsp3) is 0.250. The standard InChI is InChI=1S/C12H14O3/c1-15-11-8-6-10(7-9-11)4-2-3-5-12(13)14/h2,4,6-9H,3,5H2,1H3,(H,13,14)/b4-2-. The van der Waals surface area contributed by atoms with Crippen molar-refractivity contribution >= 4 is 12.0 Å². The van der Waals surface area contributed by atoms with E-state index in [-0.39, 0.29) is 6.42 Å². The molecule has 0 saturated carbocycles. The van der Waals surface area contributed by atoms with Crippen LogP contribution in [-0.2, 0) is 4.79 Å². The monoisotopic (exact) mass is 206 g/mol. The van der Waals surface area contributed by atoms with Crippen LogP contribution in [0.25, 0.3) is 6.08 Å². The summed E-state index contributed by atoms with van der Waals surface area (Å²) in [6.45, 7) is 0. The van der Waals surface area contributed by atoms with Gasteiger partial charge in [-0.05, 0) is 24.1 Å². The summed E-state index contributed by atoms with van der Waals surface area (Å²) in [5, 5.41) is 8.43. The zero-order valence-corrected chi connectivity index (χ0v) is 8.64. The number of hydrogen-bond donors (Lipinski definition) is 1. The van der Waals surface area contributed by atoms with Crippen LogP contribution in [-0.4, -0.2) is 18.2 Å². The largest absolute Gasteiger partial charge is 0.497 e. The smallest absolute Gasteiger partial charge is 0.303 e. The number of aliphatic carboxylic acids is 1. The molecule has 0 unspecified atom stereocenters. The van der Waals surface area contributed by atoms with Crippen LogP contribution in [0, 0.1) is 0 Å². The summed E-state index contributed by atoms with van der Waals surface area (Å²) >= 11 is 0. The quantitative estimate of drug-likeness (QED) is 0.805. The van der Waals surface area contributed by atoms with Gasteiger partial charge in [-0.25, -0.2) is 0 Å². The highest BCUT2D eigenvalue weighted by Gasteiger charge is 1.93. The number of ether oxygens (including phenoxy) is 1. The fourth-order valence-corrected chi connectivity index (χ4v) is 1.14. The number of hydrogen-bond acceptors (Lipinski definition) is 2. The molecule has 0 bridgehead atoms. The van der Waals surface area contributed by atoms with Crippen LogP contribution in [0.1, 0.15) is 18.4 Å². The maximum Gasteiger partial charge on any atom is 0.303 e. The Hall–Kier alpha value is -1.77. The van der Waals surface area contributed by atoms with Gasteiger partial charge < -0.3 is 9.84 Å². The Bertz CT molecular complexity index is 338. The van der Waals surface area contributed by atoms with Gasteiger partial charge in [0.25, 0.3) is 0 Å². The van der Waals surface area contributed by atoms with E-state index in [4.69, 9.17) is 9.84 Å². The first kappa shape index (κ1) is 11.3. The highest BCUT2D eigenvalue weighted by molar-refractivity contribution is 5.67. The molecule has 0 spiro atoms. The van der Waals surface area contributed by atoms with E-state index in [0.29, 0.717) is 6.42 Å². The average Bonchev–Trinajstić information content (AvgIpc) is 2.25. The summed E-state index contributed by atoms with van der Waals surface area (Å²) in [7, 11) is 1.62. The first-order valence-corrected chi connectivity index (χ1v) is 4.75. The third-order valence-electron chi connectivity index (χ3n) is 1.95. The molecule has 0 saturated heterocycles. The number of allylic oxidation sites excluding steroid dienone is 1. The second kappa shape index (κ2) is 5.86. The molecule has 0 fully saturated rings. The number of rotatable bonds is 5. The Morgan fingerprint density at radius 3 is 2.60 bits per heavy atom. The van der Waals surface area contributed by atoms with Crippen molar-refractivity contribution in [2.45, 2.75) is 12.8 Å². The SMILES string of the molecule is COc1ccc(/C=C\CCC(=O)O)cc1. The van der Waals surface area contributed by atoms with Gasteiger partial charge in [-0.15, -0.1) is 0 Å². The van der Waals surface area contributed by atoms with Crippen molar-refractivity contribution in [2.75, 3.05) is 7.11 Å². The summed E-state index contributed by atoms with van der Waals surface area (Å²) in [4.78, 5) is 10.2. The molecule has 1 N–H and O–H groups in total. The Kier molecular flexibility index (Phi) is 4.41. The van der Waals surface area contributed by atoms with Crippen LogP contribution in [0.4, 0.5) is 0 Å². The first-order chi connectivity index (χ1) is 7.22. The molecule has 3 heteroatoms. The fourth-order valence-electron chi connectivity index (χ4n) is 1.14. The Morgan fingerprint density at radius 2 is 2.07 bits per heavy atom. The molecule has 1 rings (SSSR count). The van der Waals surface area contributed by atoms with E-state index in [0.717, 1.165) is 11.3 Å². The molecule has 0 aromatic heterocycles. The third kappa shape index (κ3) is 4.31. The molecule has 0 heterocycles. The van der Waals surface area contributed by atoms with Gasteiger partial charge in [0.2, 0.25) is 0 Å². The number of benzene rings is 1. The lowest BCUT2D eigenvalue weighted by Gasteiger charge is -1.98. The average molecular weight is 206 g/mol. The van der Waals surface area contributed by atoms with Crippen LogP contribution < -0.4 is 4.74 Å². The third-order valence-corrected chi connectivity index (χ3v) is 1.95. The van der Waals surface area contributed by atoms with E-state index in [1.54, 1.807) is 7.11 Å². The van der Waals surface area contributed by atoms with E-state index >= 15 is 0 Å². The van der Waals surface area contributed by atoms with Crippen molar-refractivity contribution < 1.29 is 14.6 Å². The molecule has 15 heavy (non-hydrogen) atoms. The van der Waals surface area contributed by atoms with Crippen LogP contribution in [0.3, 0.4) is 0 Å². The maximum absolute atomic E-state index is 10.2. The van der Waals surface area contributed by atoms with Crippen LogP contribution >= 0.6 is 0 Å². The van der Waals surface area contributed by atoms with E-state index in [2.05, 4.69) is 0 Å². The predicted molar refractivity (Wildman–Crippen MR) is 58.9 cm³/mol. The Balaban J connectivity index is 2.46. The lowest BCUT2D eigenvalue weighted by Crippen LogP contribution is -1.91. The van der Waals surface area contributed by atoms with Crippen LogP contribution in [0.15, 0.2) is 30.3 Å². The molecule has 0 atom stereocenters. The molecule has 0 aliphatic carbocycles. The maximum atomic E-state index is 10.2. The zero-order chi connectivity index (χ0) is 11.1. The van der Waals surface area contributed by atoms with Crippen molar-refractivity contribution in [1.82, 2.24) is 0 Å². The minimum atomic E-state index is -0.769. The van der Waals surface area contributed by atoms with E-state index < -0.39 is 5.97 Å². The van der Waals surface area contributed by atoms with Gasteiger partial charge >= 0.3 is 5.97 Å².